The number of esters is 1. The van der Waals surface area contributed by atoms with Crippen LogP contribution >= 0.6 is 11.6 Å². The number of aromatic nitrogens is 2. The molecule has 0 fully saturated rings. The summed E-state index contributed by atoms with van der Waals surface area (Å²) in [5, 5.41) is 19.3. The summed E-state index contributed by atoms with van der Waals surface area (Å²) in [5.74, 6) is -1.55. The van der Waals surface area contributed by atoms with Crippen LogP contribution in [0.1, 0.15) is 23.3 Å². The summed E-state index contributed by atoms with van der Waals surface area (Å²) in [5.41, 5.74) is 1.47. The zero-order valence-corrected chi connectivity index (χ0v) is 17.8. The quantitative estimate of drug-likeness (QED) is 0.479. The van der Waals surface area contributed by atoms with Gasteiger partial charge in [0.2, 0.25) is 0 Å². The number of hydrogen-bond acceptors (Lipinski definition) is 6. The minimum atomic E-state index is -0.642. The van der Waals surface area contributed by atoms with Gasteiger partial charge in [-0.25, -0.2) is 0 Å². The van der Waals surface area contributed by atoms with Crippen molar-refractivity contribution in [3.05, 3.63) is 59.2 Å². The summed E-state index contributed by atoms with van der Waals surface area (Å²) in [6, 6.07) is 15.8. The molecule has 2 amide bonds. The number of nitrogens with one attached hydrogen (secondary N) is 2. The number of amides is 2. The SMILES string of the molecule is N#CCCN(C(=O)COC(=O)CCNC(=O)c1n[nH]c2ccccc12)c1cccc(Cl)c1. The predicted octanol–water partition coefficient (Wildman–Crippen LogP) is 2.83. The highest BCUT2D eigenvalue weighted by molar-refractivity contribution is 6.30. The van der Waals surface area contributed by atoms with Crippen molar-refractivity contribution in [3.63, 3.8) is 0 Å². The number of anilines is 1. The average Bonchev–Trinajstić information content (AvgIpc) is 3.22. The van der Waals surface area contributed by atoms with Crippen LogP contribution in [0.5, 0.6) is 0 Å². The van der Waals surface area contributed by atoms with Gasteiger partial charge in [0, 0.05) is 29.2 Å². The number of ether oxygens (including phenoxy) is 1. The lowest BCUT2D eigenvalue weighted by molar-refractivity contribution is -0.147. The Morgan fingerprint density at radius 2 is 2.00 bits per heavy atom. The molecular formula is C22H20ClN5O4. The third-order valence-corrected chi connectivity index (χ3v) is 4.76. The Hall–Kier alpha value is -3.90. The number of para-hydroxylation sites is 1. The molecule has 3 aromatic rings. The maximum absolute atomic E-state index is 12.5. The number of carbonyl (C=O) groups is 3. The number of aromatic amines is 1. The highest BCUT2D eigenvalue weighted by Gasteiger charge is 2.18. The van der Waals surface area contributed by atoms with Gasteiger partial charge < -0.3 is 15.0 Å². The number of hydrogen-bond donors (Lipinski definition) is 2. The number of halogens is 1. The second kappa shape index (κ2) is 10.9. The van der Waals surface area contributed by atoms with Gasteiger partial charge >= 0.3 is 5.97 Å². The second-order valence-electron chi connectivity index (χ2n) is 6.72. The maximum atomic E-state index is 12.5. The molecule has 3 rings (SSSR count). The fourth-order valence-electron chi connectivity index (χ4n) is 2.99. The number of nitrogens with zero attached hydrogens (tertiary/aromatic N) is 3. The fraction of sp³-hybridized carbons (Fsp3) is 0.227. The van der Waals surface area contributed by atoms with Gasteiger partial charge in [-0.15, -0.1) is 0 Å². The van der Waals surface area contributed by atoms with Crippen LogP contribution < -0.4 is 10.2 Å². The van der Waals surface area contributed by atoms with E-state index in [0.717, 1.165) is 5.52 Å². The number of carbonyl (C=O) groups excluding carboxylic acids is 3. The third-order valence-electron chi connectivity index (χ3n) is 4.52. The Kier molecular flexibility index (Phi) is 7.78. The Bertz CT molecular complexity index is 1170. The molecule has 32 heavy (non-hydrogen) atoms. The first-order valence-corrected chi connectivity index (χ1v) is 10.2. The largest absolute Gasteiger partial charge is 0.455 e. The van der Waals surface area contributed by atoms with Gasteiger partial charge in [-0.1, -0.05) is 35.9 Å². The second-order valence-corrected chi connectivity index (χ2v) is 7.15. The molecule has 164 valence electrons. The van der Waals surface area contributed by atoms with E-state index in [0.29, 0.717) is 16.1 Å². The normalized spacial score (nSPS) is 10.4. The van der Waals surface area contributed by atoms with Crippen LogP contribution in [0.4, 0.5) is 5.69 Å². The van der Waals surface area contributed by atoms with Crippen LogP contribution in [0.15, 0.2) is 48.5 Å². The molecule has 0 aliphatic carbocycles. The molecule has 0 atom stereocenters. The van der Waals surface area contributed by atoms with Gasteiger partial charge in [-0.3, -0.25) is 19.5 Å². The van der Waals surface area contributed by atoms with Gasteiger partial charge in [0.05, 0.1) is 24.4 Å². The van der Waals surface area contributed by atoms with Gasteiger partial charge in [-0.05, 0) is 24.3 Å². The van der Waals surface area contributed by atoms with E-state index in [1.165, 1.54) is 4.90 Å². The lowest BCUT2D eigenvalue weighted by Crippen LogP contribution is -2.36. The highest BCUT2D eigenvalue weighted by atomic mass is 35.5. The van der Waals surface area contributed by atoms with Gasteiger partial charge in [0.1, 0.15) is 0 Å². The minimum Gasteiger partial charge on any atom is -0.455 e. The first-order chi connectivity index (χ1) is 15.5. The van der Waals surface area contributed by atoms with Crippen LogP contribution in [0.3, 0.4) is 0 Å². The van der Waals surface area contributed by atoms with E-state index in [1.807, 2.05) is 12.1 Å². The van der Waals surface area contributed by atoms with E-state index >= 15 is 0 Å². The number of nitriles is 1. The molecule has 0 radical (unpaired) electrons. The molecule has 0 aliphatic heterocycles. The van der Waals surface area contributed by atoms with Crippen molar-refractivity contribution in [2.45, 2.75) is 12.8 Å². The average molecular weight is 454 g/mol. The van der Waals surface area contributed by atoms with Crippen LogP contribution in [-0.4, -0.2) is 47.7 Å². The first-order valence-electron chi connectivity index (χ1n) is 9.79. The zero-order chi connectivity index (χ0) is 22.9. The van der Waals surface area contributed by atoms with Crippen LogP contribution in [0, 0.1) is 11.3 Å². The van der Waals surface area contributed by atoms with Crippen molar-refractivity contribution in [2.75, 3.05) is 24.6 Å². The van der Waals surface area contributed by atoms with E-state index in [9.17, 15) is 14.4 Å². The van der Waals surface area contributed by atoms with Crippen molar-refractivity contribution in [1.82, 2.24) is 15.5 Å². The molecule has 0 aliphatic rings. The third kappa shape index (κ3) is 5.83. The van der Waals surface area contributed by atoms with E-state index in [-0.39, 0.29) is 31.6 Å². The molecule has 2 aromatic carbocycles. The molecule has 0 bridgehead atoms. The number of benzene rings is 2. The Labute approximate surface area is 188 Å². The molecule has 0 unspecified atom stereocenters. The van der Waals surface area contributed by atoms with Crippen LogP contribution in [0.2, 0.25) is 5.02 Å². The van der Waals surface area contributed by atoms with Gasteiger partial charge in [0.15, 0.2) is 12.3 Å². The number of fused-ring (bicyclic) bond motifs is 1. The van der Waals surface area contributed by atoms with E-state index in [2.05, 4.69) is 15.5 Å². The summed E-state index contributed by atoms with van der Waals surface area (Å²) < 4.78 is 5.04. The van der Waals surface area contributed by atoms with Gasteiger partial charge in [-0.2, -0.15) is 10.4 Å². The molecular weight excluding hydrogens is 434 g/mol. The van der Waals surface area contributed by atoms with E-state index < -0.39 is 24.4 Å². The summed E-state index contributed by atoms with van der Waals surface area (Å²) in [6.07, 6.45) is -0.00314. The van der Waals surface area contributed by atoms with E-state index in [4.69, 9.17) is 21.6 Å². The molecule has 10 heteroatoms. The van der Waals surface area contributed by atoms with Crippen molar-refractivity contribution >= 4 is 46.0 Å². The fourth-order valence-corrected chi connectivity index (χ4v) is 3.18. The highest BCUT2D eigenvalue weighted by Crippen LogP contribution is 2.20. The molecule has 9 nitrogen and oxygen atoms in total. The lowest BCUT2D eigenvalue weighted by atomic mass is 10.2. The standard InChI is InChI=1S/C22H20ClN5O4/c23-15-5-3-6-16(13-15)28(12-4-10-24)19(29)14-32-20(30)9-11-25-22(31)21-17-7-1-2-8-18(17)26-27-21/h1-3,5-8,13H,4,9,11-12,14H2,(H,25,31)(H,26,27). The molecule has 1 aromatic heterocycles. The van der Waals surface area contributed by atoms with Crippen molar-refractivity contribution in [2.24, 2.45) is 0 Å². The monoisotopic (exact) mass is 453 g/mol. The van der Waals surface area contributed by atoms with Crippen molar-refractivity contribution in [1.29, 1.82) is 5.26 Å². The Morgan fingerprint density at radius 3 is 2.78 bits per heavy atom. The van der Waals surface area contributed by atoms with Crippen molar-refractivity contribution in [3.8, 4) is 6.07 Å². The van der Waals surface area contributed by atoms with Crippen LogP contribution in [0.25, 0.3) is 10.9 Å². The summed E-state index contributed by atoms with van der Waals surface area (Å²) >= 11 is 5.98. The molecule has 2 N–H and O–H groups in total. The first kappa shape index (κ1) is 22.8. The number of rotatable bonds is 9. The summed E-state index contributed by atoms with van der Waals surface area (Å²) in [7, 11) is 0. The van der Waals surface area contributed by atoms with Crippen LogP contribution in [-0.2, 0) is 14.3 Å². The summed E-state index contributed by atoms with van der Waals surface area (Å²) in [6.45, 7) is -0.324. The molecule has 0 spiro atoms. The molecule has 0 saturated heterocycles. The smallest absolute Gasteiger partial charge is 0.308 e. The molecule has 0 saturated carbocycles. The van der Waals surface area contributed by atoms with Gasteiger partial charge in [0.25, 0.3) is 11.8 Å². The lowest BCUT2D eigenvalue weighted by Gasteiger charge is -2.21. The topological polar surface area (TPSA) is 128 Å². The Balaban J connectivity index is 1.48. The van der Waals surface area contributed by atoms with E-state index in [1.54, 1.807) is 42.5 Å². The molecule has 1 heterocycles. The number of H-pyrrole nitrogens is 1. The maximum Gasteiger partial charge on any atom is 0.308 e. The summed E-state index contributed by atoms with van der Waals surface area (Å²) in [4.78, 5) is 38.2. The predicted molar refractivity (Wildman–Crippen MR) is 118 cm³/mol. The Morgan fingerprint density at radius 1 is 1.19 bits per heavy atom. The van der Waals surface area contributed by atoms with Crippen molar-refractivity contribution < 1.29 is 19.1 Å². The minimum absolute atomic E-state index is 0.0273. The zero-order valence-electron chi connectivity index (χ0n) is 17.0.